The maximum atomic E-state index is 13.3. The minimum absolute atomic E-state index is 0.161. The number of rotatable bonds is 7. The third kappa shape index (κ3) is 3.94. The lowest BCUT2D eigenvalue weighted by atomic mass is 9.90. The molecule has 4 rings (SSSR count). The number of Topliss-reactive ketones (excluding diaryl/α,β-unsaturated/α-hetero) is 1. The number of anilines is 2. The Morgan fingerprint density at radius 1 is 0.935 bits per heavy atom. The van der Waals surface area contributed by atoms with E-state index in [1.165, 1.54) is 7.11 Å². The third-order valence-electron chi connectivity index (χ3n) is 5.10. The van der Waals surface area contributed by atoms with Gasteiger partial charge in [0.15, 0.2) is 5.78 Å². The lowest BCUT2D eigenvalue weighted by molar-refractivity contribution is 0.0970. The summed E-state index contributed by atoms with van der Waals surface area (Å²) in [4.78, 5) is 28.3. The minimum Gasteiger partial charge on any atom is -0.321 e. The molecule has 0 fully saturated rings. The standard InChI is InChI=1S/C24H24N4O3/c1-14(25)24(29)23-17(18-13-16(27-30-2)8-10-22(18)28-31-3)9-11-21-19(23)12-15-6-4-5-7-20(15)26-21/h4-14,27-28H,25H2,1-3H3/t14-/m0/s1. The van der Waals surface area contributed by atoms with Crippen molar-refractivity contribution in [3.63, 3.8) is 0 Å². The van der Waals surface area contributed by atoms with E-state index in [1.807, 2.05) is 60.7 Å². The summed E-state index contributed by atoms with van der Waals surface area (Å²) in [5.41, 5.74) is 16.8. The van der Waals surface area contributed by atoms with Gasteiger partial charge in [-0.3, -0.25) is 25.4 Å². The van der Waals surface area contributed by atoms with Crippen molar-refractivity contribution in [3.05, 3.63) is 66.2 Å². The number of hydrogen-bond acceptors (Lipinski definition) is 7. The Bertz CT molecular complexity index is 1270. The van der Waals surface area contributed by atoms with Crippen molar-refractivity contribution in [1.82, 2.24) is 4.98 Å². The van der Waals surface area contributed by atoms with Crippen molar-refractivity contribution in [1.29, 1.82) is 0 Å². The van der Waals surface area contributed by atoms with E-state index in [0.717, 1.165) is 38.6 Å². The Morgan fingerprint density at radius 2 is 1.71 bits per heavy atom. The topological polar surface area (TPSA) is 98.5 Å². The fraction of sp³-hybridized carbons (Fsp3) is 0.167. The smallest absolute Gasteiger partial charge is 0.180 e. The van der Waals surface area contributed by atoms with Gasteiger partial charge in [0, 0.05) is 21.9 Å². The van der Waals surface area contributed by atoms with Gasteiger partial charge in [-0.05, 0) is 48.9 Å². The number of benzene rings is 3. The van der Waals surface area contributed by atoms with Crippen LogP contribution in [0.1, 0.15) is 17.3 Å². The molecule has 0 amide bonds. The molecule has 4 N–H and O–H groups in total. The molecule has 0 radical (unpaired) electrons. The number of para-hydroxylation sites is 1. The maximum Gasteiger partial charge on any atom is 0.180 e. The summed E-state index contributed by atoms with van der Waals surface area (Å²) in [7, 11) is 3.08. The summed E-state index contributed by atoms with van der Waals surface area (Å²) >= 11 is 0. The average molecular weight is 416 g/mol. The maximum absolute atomic E-state index is 13.3. The van der Waals surface area contributed by atoms with Gasteiger partial charge < -0.3 is 5.73 Å². The van der Waals surface area contributed by atoms with Crippen LogP contribution in [-0.2, 0) is 9.68 Å². The first kappa shape index (κ1) is 20.7. The molecule has 0 saturated carbocycles. The van der Waals surface area contributed by atoms with Gasteiger partial charge in [0.25, 0.3) is 0 Å². The molecule has 7 nitrogen and oxygen atoms in total. The lowest BCUT2D eigenvalue weighted by Crippen LogP contribution is -2.27. The van der Waals surface area contributed by atoms with Crippen molar-refractivity contribution in [2.24, 2.45) is 5.73 Å². The number of carbonyl (C=O) groups excluding carboxylic acids is 1. The van der Waals surface area contributed by atoms with Gasteiger partial charge in [-0.1, -0.05) is 24.3 Å². The van der Waals surface area contributed by atoms with E-state index in [0.29, 0.717) is 11.3 Å². The first-order chi connectivity index (χ1) is 15.0. The van der Waals surface area contributed by atoms with Crippen LogP contribution in [0.4, 0.5) is 11.4 Å². The molecule has 1 atom stereocenters. The number of nitrogens with two attached hydrogens (primary N) is 1. The van der Waals surface area contributed by atoms with Crippen LogP contribution < -0.4 is 16.7 Å². The number of pyridine rings is 1. The molecule has 158 valence electrons. The molecule has 0 spiro atoms. The van der Waals surface area contributed by atoms with Gasteiger partial charge >= 0.3 is 0 Å². The highest BCUT2D eigenvalue weighted by atomic mass is 16.6. The van der Waals surface area contributed by atoms with Crippen LogP contribution >= 0.6 is 0 Å². The minimum atomic E-state index is -0.671. The Kier molecular flexibility index (Phi) is 5.81. The monoisotopic (exact) mass is 416 g/mol. The number of nitrogens with one attached hydrogen (secondary N) is 2. The highest BCUT2D eigenvalue weighted by Gasteiger charge is 2.22. The molecule has 1 heterocycles. The second-order valence-electron chi connectivity index (χ2n) is 7.26. The van der Waals surface area contributed by atoms with Gasteiger partial charge in [-0.15, -0.1) is 0 Å². The van der Waals surface area contributed by atoms with Crippen LogP contribution in [0.25, 0.3) is 32.9 Å². The summed E-state index contributed by atoms with van der Waals surface area (Å²) in [5, 5.41) is 1.71. The molecule has 31 heavy (non-hydrogen) atoms. The number of nitrogens with zero attached hydrogens (tertiary/aromatic N) is 1. The Labute approximate surface area is 180 Å². The van der Waals surface area contributed by atoms with E-state index < -0.39 is 6.04 Å². The molecule has 1 aromatic heterocycles. The zero-order chi connectivity index (χ0) is 22.0. The molecule has 3 aromatic carbocycles. The predicted molar refractivity (Wildman–Crippen MR) is 124 cm³/mol. The molecule has 0 unspecified atom stereocenters. The summed E-state index contributed by atoms with van der Waals surface area (Å²) < 4.78 is 0. The molecule has 0 aliphatic rings. The normalized spacial score (nSPS) is 12.1. The van der Waals surface area contributed by atoms with Crippen molar-refractivity contribution < 1.29 is 14.5 Å². The second kappa shape index (κ2) is 8.69. The van der Waals surface area contributed by atoms with E-state index >= 15 is 0 Å². The molecule has 0 saturated heterocycles. The van der Waals surface area contributed by atoms with Crippen molar-refractivity contribution in [2.75, 3.05) is 25.2 Å². The van der Waals surface area contributed by atoms with E-state index in [1.54, 1.807) is 14.0 Å². The Balaban J connectivity index is 2.06. The number of hydrogen-bond donors (Lipinski definition) is 3. The van der Waals surface area contributed by atoms with Crippen LogP contribution in [0.5, 0.6) is 0 Å². The zero-order valence-electron chi connectivity index (χ0n) is 17.6. The number of ketones is 1. The van der Waals surface area contributed by atoms with E-state index in [-0.39, 0.29) is 5.78 Å². The quantitative estimate of drug-likeness (QED) is 0.231. The fourth-order valence-electron chi connectivity index (χ4n) is 3.71. The van der Waals surface area contributed by atoms with Gasteiger partial charge in [0.2, 0.25) is 0 Å². The largest absolute Gasteiger partial charge is 0.321 e. The molecular weight excluding hydrogens is 392 g/mol. The Hall–Kier alpha value is -3.52. The van der Waals surface area contributed by atoms with E-state index in [9.17, 15) is 4.79 Å². The Morgan fingerprint density at radius 3 is 2.45 bits per heavy atom. The van der Waals surface area contributed by atoms with E-state index in [4.69, 9.17) is 20.4 Å². The number of aromatic nitrogens is 1. The first-order valence-electron chi connectivity index (χ1n) is 9.88. The molecule has 7 heteroatoms. The third-order valence-corrected chi connectivity index (χ3v) is 5.10. The van der Waals surface area contributed by atoms with Gasteiger partial charge in [0.1, 0.15) is 0 Å². The van der Waals surface area contributed by atoms with Gasteiger partial charge in [-0.25, -0.2) is 4.98 Å². The van der Waals surface area contributed by atoms with Gasteiger partial charge in [-0.2, -0.15) is 0 Å². The molecule has 0 aliphatic carbocycles. The summed E-state index contributed by atoms with van der Waals surface area (Å²) in [6.07, 6.45) is 0. The second-order valence-corrected chi connectivity index (χ2v) is 7.26. The average Bonchev–Trinajstić information content (AvgIpc) is 2.77. The number of carbonyl (C=O) groups is 1. The molecular formula is C24H24N4O3. The summed E-state index contributed by atoms with van der Waals surface area (Å²) in [6.45, 7) is 1.69. The lowest BCUT2D eigenvalue weighted by Gasteiger charge is -2.18. The van der Waals surface area contributed by atoms with Crippen LogP contribution in [0.2, 0.25) is 0 Å². The zero-order valence-corrected chi connectivity index (χ0v) is 17.6. The van der Waals surface area contributed by atoms with E-state index in [2.05, 4.69) is 11.0 Å². The summed E-state index contributed by atoms with van der Waals surface area (Å²) in [5.74, 6) is -0.161. The van der Waals surface area contributed by atoms with Crippen molar-refractivity contribution in [3.8, 4) is 11.1 Å². The van der Waals surface area contributed by atoms with Crippen LogP contribution in [0.15, 0.2) is 60.7 Å². The fourth-order valence-corrected chi connectivity index (χ4v) is 3.71. The SMILES string of the molecule is CONc1ccc(NOC)c(-c2ccc3nc4ccccc4cc3c2C(=O)[C@H](C)N)c1. The summed E-state index contributed by atoms with van der Waals surface area (Å²) in [6, 6.07) is 18.6. The van der Waals surface area contributed by atoms with Crippen LogP contribution in [0, 0.1) is 0 Å². The highest BCUT2D eigenvalue weighted by Crippen LogP contribution is 2.37. The highest BCUT2D eigenvalue weighted by molar-refractivity contribution is 6.16. The van der Waals surface area contributed by atoms with Crippen LogP contribution in [-0.4, -0.2) is 31.0 Å². The molecule has 0 bridgehead atoms. The predicted octanol–water partition coefficient (Wildman–Crippen LogP) is 4.53. The van der Waals surface area contributed by atoms with Gasteiger partial charge in [0.05, 0.1) is 42.7 Å². The first-order valence-corrected chi connectivity index (χ1v) is 9.88. The van der Waals surface area contributed by atoms with Crippen LogP contribution in [0.3, 0.4) is 0 Å². The van der Waals surface area contributed by atoms with Crippen molar-refractivity contribution >= 4 is 39.0 Å². The molecule has 4 aromatic rings. The number of fused-ring (bicyclic) bond motifs is 2. The molecule has 0 aliphatic heterocycles. The van der Waals surface area contributed by atoms with Crippen molar-refractivity contribution in [2.45, 2.75) is 13.0 Å².